The molecule has 1 aromatic carbocycles. The molecule has 1 aromatic rings. The molecule has 0 aliphatic carbocycles. The van der Waals surface area contributed by atoms with Gasteiger partial charge in [0.2, 0.25) is 0 Å². The summed E-state index contributed by atoms with van der Waals surface area (Å²) in [6, 6.07) is 8.82. The van der Waals surface area contributed by atoms with Crippen LogP contribution in [0.15, 0.2) is 29.3 Å². The van der Waals surface area contributed by atoms with E-state index in [-0.39, 0.29) is 24.0 Å². The second kappa shape index (κ2) is 10.1. The molecule has 0 radical (unpaired) electrons. The molecule has 1 saturated heterocycles. The van der Waals surface area contributed by atoms with Crippen LogP contribution in [0, 0.1) is 5.92 Å². The van der Waals surface area contributed by atoms with Gasteiger partial charge in [-0.2, -0.15) is 0 Å². The Hall–Kier alpha value is -0.820. The fourth-order valence-corrected chi connectivity index (χ4v) is 3.07. The van der Waals surface area contributed by atoms with Crippen molar-refractivity contribution < 1.29 is 0 Å². The van der Waals surface area contributed by atoms with Gasteiger partial charge >= 0.3 is 0 Å². The van der Waals surface area contributed by atoms with Gasteiger partial charge < -0.3 is 11.1 Å². The Morgan fingerprint density at radius 2 is 2.00 bits per heavy atom. The molecule has 0 aromatic heterocycles. The van der Waals surface area contributed by atoms with E-state index < -0.39 is 0 Å². The molecule has 0 bridgehead atoms. The average Bonchev–Trinajstić information content (AvgIpc) is 3.01. The van der Waals surface area contributed by atoms with Crippen LogP contribution in [0.3, 0.4) is 0 Å². The van der Waals surface area contributed by atoms with E-state index in [1.165, 1.54) is 31.5 Å². The first-order valence-electron chi connectivity index (χ1n) is 8.50. The number of nitrogens with zero attached hydrogens (tertiary/aromatic N) is 2. The zero-order valence-corrected chi connectivity index (χ0v) is 16.9. The number of guanidine groups is 1. The van der Waals surface area contributed by atoms with Crippen LogP contribution in [0.2, 0.25) is 0 Å². The van der Waals surface area contributed by atoms with Crippen LogP contribution in [0.4, 0.5) is 5.69 Å². The lowest BCUT2D eigenvalue weighted by molar-refractivity contribution is 0.198. The molecule has 0 saturated carbocycles. The maximum atomic E-state index is 6.06. The summed E-state index contributed by atoms with van der Waals surface area (Å²) in [5.74, 6) is 1.11. The summed E-state index contributed by atoms with van der Waals surface area (Å²) in [5, 5.41) is 3.21. The number of nitrogens with two attached hydrogens (primary N) is 1. The predicted molar refractivity (Wildman–Crippen MR) is 111 cm³/mol. The van der Waals surface area contributed by atoms with Crippen molar-refractivity contribution in [3.63, 3.8) is 0 Å². The third kappa shape index (κ3) is 6.30. The standard InChI is InChI=1S/C18H30N4.HI/c1-4-15-8-7-9-16(12-15)21-18(19)20-13-17(14(2)3)22-10-5-6-11-22;/h7-9,12,14,17H,4-6,10-11,13H2,1-3H3,(H3,19,20,21);1H. The SMILES string of the molecule is CCc1cccc(NC(N)=NCC(C(C)C)N2CCCC2)c1.I. The highest BCUT2D eigenvalue weighted by Crippen LogP contribution is 2.18. The van der Waals surface area contributed by atoms with Gasteiger partial charge in [0.05, 0.1) is 6.54 Å². The minimum absolute atomic E-state index is 0. The van der Waals surface area contributed by atoms with Crippen LogP contribution in [-0.4, -0.2) is 36.5 Å². The molecular weight excluding hydrogens is 399 g/mol. The Kier molecular flexibility index (Phi) is 8.91. The number of aliphatic imine (C=N–C) groups is 1. The van der Waals surface area contributed by atoms with E-state index in [2.05, 4.69) is 54.2 Å². The largest absolute Gasteiger partial charge is 0.370 e. The number of aryl methyl sites for hydroxylation is 1. The number of hydrogen-bond donors (Lipinski definition) is 2. The second-order valence-electron chi connectivity index (χ2n) is 6.46. The lowest BCUT2D eigenvalue weighted by atomic mass is 10.0. The van der Waals surface area contributed by atoms with E-state index in [0.29, 0.717) is 17.9 Å². The van der Waals surface area contributed by atoms with E-state index in [4.69, 9.17) is 5.73 Å². The van der Waals surface area contributed by atoms with E-state index in [9.17, 15) is 0 Å². The summed E-state index contributed by atoms with van der Waals surface area (Å²) >= 11 is 0. The van der Waals surface area contributed by atoms with Crippen molar-refractivity contribution in [3.8, 4) is 0 Å². The molecule has 0 amide bonds. The Balaban J connectivity index is 0.00000264. The Morgan fingerprint density at radius 1 is 1.30 bits per heavy atom. The van der Waals surface area contributed by atoms with Crippen molar-refractivity contribution in [2.24, 2.45) is 16.6 Å². The van der Waals surface area contributed by atoms with Gasteiger partial charge in [-0.05, 0) is 56.0 Å². The van der Waals surface area contributed by atoms with Crippen LogP contribution < -0.4 is 11.1 Å². The minimum Gasteiger partial charge on any atom is -0.370 e. The van der Waals surface area contributed by atoms with Crippen molar-refractivity contribution in [1.82, 2.24) is 4.90 Å². The number of hydrogen-bond acceptors (Lipinski definition) is 2. The summed E-state index contributed by atoms with van der Waals surface area (Å²) in [6.45, 7) is 9.86. The van der Waals surface area contributed by atoms with Gasteiger partial charge in [-0.3, -0.25) is 9.89 Å². The van der Waals surface area contributed by atoms with Crippen LogP contribution in [0.25, 0.3) is 0 Å². The van der Waals surface area contributed by atoms with E-state index in [1.54, 1.807) is 0 Å². The molecule has 2 rings (SSSR count). The smallest absolute Gasteiger partial charge is 0.193 e. The van der Waals surface area contributed by atoms with E-state index in [0.717, 1.165) is 18.7 Å². The molecule has 4 nitrogen and oxygen atoms in total. The van der Waals surface area contributed by atoms with Gasteiger partial charge in [0.15, 0.2) is 5.96 Å². The topological polar surface area (TPSA) is 53.6 Å². The summed E-state index contributed by atoms with van der Waals surface area (Å²) in [6.07, 6.45) is 3.64. The molecule has 1 fully saturated rings. The van der Waals surface area contributed by atoms with Crippen LogP contribution in [0.5, 0.6) is 0 Å². The Bertz CT molecular complexity index is 496. The monoisotopic (exact) mass is 430 g/mol. The molecule has 23 heavy (non-hydrogen) atoms. The molecule has 5 heteroatoms. The van der Waals surface area contributed by atoms with Gasteiger partial charge in [0.25, 0.3) is 0 Å². The molecule has 1 heterocycles. The van der Waals surface area contributed by atoms with Crippen LogP contribution >= 0.6 is 24.0 Å². The van der Waals surface area contributed by atoms with Gasteiger partial charge in [0.1, 0.15) is 0 Å². The van der Waals surface area contributed by atoms with Crippen molar-refractivity contribution in [3.05, 3.63) is 29.8 Å². The molecule has 1 unspecified atom stereocenters. The maximum Gasteiger partial charge on any atom is 0.193 e. The van der Waals surface area contributed by atoms with Crippen LogP contribution in [0.1, 0.15) is 39.2 Å². The third-order valence-electron chi connectivity index (χ3n) is 4.44. The van der Waals surface area contributed by atoms with Crippen LogP contribution in [-0.2, 0) is 6.42 Å². The highest BCUT2D eigenvalue weighted by Gasteiger charge is 2.24. The maximum absolute atomic E-state index is 6.06. The van der Waals surface area contributed by atoms with Gasteiger partial charge in [-0.25, -0.2) is 0 Å². The highest BCUT2D eigenvalue weighted by atomic mass is 127. The summed E-state index contributed by atoms with van der Waals surface area (Å²) in [4.78, 5) is 7.14. The zero-order chi connectivity index (χ0) is 15.9. The predicted octanol–water partition coefficient (Wildman–Crippen LogP) is 3.71. The Morgan fingerprint density at radius 3 is 2.61 bits per heavy atom. The molecule has 130 valence electrons. The average molecular weight is 430 g/mol. The third-order valence-corrected chi connectivity index (χ3v) is 4.44. The number of rotatable bonds is 6. The highest BCUT2D eigenvalue weighted by molar-refractivity contribution is 14.0. The number of benzene rings is 1. The van der Waals surface area contributed by atoms with E-state index >= 15 is 0 Å². The Labute approximate surface area is 157 Å². The first kappa shape index (κ1) is 20.2. The molecule has 1 aliphatic rings. The first-order chi connectivity index (χ1) is 10.6. The fourth-order valence-electron chi connectivity index (χ4n) is 3.07. The van der Waals surface area contributed by atoms with Crippen molar-refractivity contribution in [2.45, 2.75) is 46.1 Å². The number of anilines is 1. The quantitative estimate of drug-likeness (QED) is 0.411. The van der Waals surface area contributed by atoms with E-state index in [1.807, 2.05) is 6.07 Å². The normalized spacial score (nSPS) is 17.1. The molecule has 0 spiro atoms. The second-order valence-corrected chi connectivity index (χ2v) is 6.46. The molecule has 1 atom stereocenters. The number of nitrogens with one attached hydrogen (secondary N) is 1. The van der Waals surface area contributed by atoms with Gasteiger partial charge in [-0.15, -0.1) is 24.0 Å². The lowest BCUT2D eigenvalue weighted by Crippen LogP contribution is -2.40. The molecular formula is C18H31IN4. The zero-order valence-electron chi connectivity index (χ0n) is 14.6. The number of halogens is 1. The summed E-state index contributed by atoms with van der Waals surface area (Å²) < 4.78 is 0. The van der Waals surface area contributed by atoms with Crippen molar-refractivity contribution in [2.75, 3.05) is 25.0 Å². The number of likely N-dealkylation sites (tertiary alicyclic amines) is 1. The summed E-state index contributed by atoms with van der Waals surface area (Å²) in [5.41, 5.74) is 8.38. The molecule has 3 N–H and O–H groups in total. The lowest BCUT2D eigenvalue weighted by Gasteiger charge is -2.29. The summed E-state index contributed by atoms with van der Waals surface area (Å²) in [7, 11) is 0. The molecule has 1 aliphatic heterocycles. The fraction of sp³-hybridized carbons (Fsp3) is 0.611. The van der Waals surface area contributed by atoms with Gasteiger partial charge in [-0.1, -0.05) is 32.9 Å². The van der Waals surface area contributed by atoms with Crippen molar-refractivity contribution in [1.29, 1.82) is 0 Å². The first-order valence-corrected chi connectivity index (χ1v) is 8.50. The minimum atomic E-state index is 0. The van der Waals surface area contributed by atoms with Gasteiger partial charge in [0, 0.05) is 11.7 Å². The van der Waals surface area contributed by atoms with Crippen molar-refractivity contribution >= 4 is 35.6 Å².